The van der Waals surface area contributed by atoms with Gasteiger partial charge in [0.05, 0.1) is 6.20 Å². The minimum absolute atomic E-state index is 0.129. The van der Waals surface area contributed by atoms with Crippen molar-refractivity contribution in [3.05, 3.63) is 12.3 Å². The smallest absolute Gasteiger partial charge is 0.222 e. The van der Waals surface area contributed by atoms with Crippen LogP contribution in [0, 0.1) is 0 Å². The number of carbonyl (C=O) groups excluding carboxylic acids is 1. The molecule has 1 amide bonds. The normalized spacial score (nSPS) is 14.6. The Hall–Kier alpha value is -1.32. The third-order valence-corrected chi connectivity index (χ3v) is 0.769. The lowest BCUT2D eigenvalue weighted by atomic mass is 10.5. The Labute approximate surface area is 52.6 Å². The zero-order chi connectivity index (χ0) is 6.69. The zero-order valence-corrected chi connectivity index (χ0v) is 4.96. The molecule has 0 saturated heterocycles. The van der Waals surface area contributed by atoms with Crippen molar-refractivity contribution in [3.63, 3.8) is 0 Å². The Balaban J connectivity index is 2.45. The molecule has 0 aliphatic carbocycles. The summed E-state index contributed by atoms with van der Waals surface area (Å²) in [6.45, 7) is 1.43. The van der Waals surface area contributed by atoms with Crippen LogP contribution in [-0.2, 0) is 4.79 Å². The van der Waals surface area contributed by atoms with Crippen LogP contribution in [0.4, 0.5) is 0 Å². The highest BCUT2D eigenvalue weighted by atomic mass is 16.1. The van der Waals surface area contributed by atoms with Crippen LogP contribution in [0.15, 0.2) is 17.4 Å². The molecule has 1 heterocycles. The molecule has 0 saturated carbocycles. The van der Waals surface area contributed by atoms with E-state index in [1.54, 1.807) is 6.08 Å². The molecule has 0 aromatic carbocycles. The van der Waals surface area contributed by atoms with E-state index >= 15 is 0 Å². The lowest BCUT2D eigenvalue weighted by molar-refractivity contribution is -0.117. The first-order chi connectivity index (χ1) is 4.29. The van der Waals surface area contributed by atoms with E-state index in [0.717, 1.165) is 0 Å². The lowest BCUT2D eigenvalue weighted by Gasteiger charge is -1.93. The number of hydrogen-bond acceptors (Lipinski definition) is 2. The third-order valence-electron chi connectivity index (χ3n) is 0.769. The van der Waals surface area contributed by atoms with E-state index in [1.807, 2.05) is 0 Å². The molecule has 0 aromatic rings. The predicted molar refractivity (Wildman–Crippen MR) is 32.5 cm³/mol. The number of carbonyl (C=O) groups is 1. The van der Waals surface area contributed by atoms with Crippen LogP contribution in [0.1, 0.15) is 6.92 Å². The van der Waals surface area contributed by atoms with Crippen LogP contribution in [0.5, 0.6) is 0 Å². The van der Waals surface area contributed by atoms with Gasteiger partial charge in [-0.1, -0.05) is 0 Å². The fourth-order valence-corrected chi connectivity index (χ4v) is 0.480. The van der Waals surface area contributed by atoms with Gasteiger partial charge >= 0.3 is 0 Å². The molecule has 1 aliphatic rings. The molecule has 1 radical (unpaired) electrons. The van der Waals surface area contributed by atoms with Crippen LogP contribution in [0.3, 0.4) is 0 Å². The minimum atomic E-state index is -0.129. The van der Waals surface area contributed by atoms with Gasteiger partial charge in [-0.05, 0) is 0 Å². The van der Waals surface area contributed by atoms with E-state index in [0.29, 0.717) is 5.84 Å². The van der Waals surface area contributed by atoms with Gasteiger partial charge < -0.3 is 5.32 Å². The van der Waals surface area contributed by atoms with Crippen molar-refractivity contribution in [2.45, 2.75) is 6.92 Å². The number of nitrogens with zero attached hydrogens (tertiary/aromatic N) is 2. The van der Waals surface area contributed by atoms with Crippen LogP contribution >= 0.6 is 0 Å². The van der Waals surface area contributed by atoms with Crippen molar-refractivity contribution >= 4 is 11.7 Å². The Morgan fingerprint density at radius 1 is 1.78 bits per heavy atom. The maximum atomic E-state index is 10.3. The van der Waals surface area contributed by atoms with Gasteiger partial charge in [0.2, 0.25) is 5.91 Å². The summed E-state index contributed by atoms with van der Waals surface area (Å²) in [7, 11) is 0. The largest absolute Gasteiger partial charge is 0.309 e. The monoisotopic (exact) mass is 124 g/mol. The van der Waals surface area contributed by atoms with Gasteiger partial charge in [-0.3, -0.25) is 4.79 Å². The number of amides is 1. The highest BCUT2D eigenvalue weighted by Gasteiger charge is 2.00. The molecular weight excluding hydrogens is 118 g/mol. The molecule has 1 aliphatic heterocycles. The molecule has 1 rings (SSSR count). The fourth-order valence-electron chi connectivity index (χ4n) is 0.480. The standard InChI is InChI=1S/C5H6N3O/c1-4(9)7-5-2-3-6-8-5/h2-3H,1H3,(H,7,8,9). The van der Waals surface area contributed by atoms with Crippen molar-refractivity contribution in [2.75, 3.05) is 0 Å². The fraction of sp³-hybridized carbons (Fsp3) is 0.200. The second kappa shape index (κ2) is 2.30. The summed E-state index contributed by atoms with van der Waals surface area (Å²) in [6, 6.07) is 0. The molecule has 0 aromatic heterocycles. The molecule has 0 unspecified atom stereocenters. The molecule has 4 heteroatoms. The maximum Gasteiger partial charge on any atom is 0.222 e. The Bertz CT molecular complexity index is 183. The number of hydrogen-bond donors (Lipinski definition) is 1. The Morgan fingerprint density at radius 3 is 3.00 bits per heavy atom. The second-order valence-electron chi connectivity index (χ2n) is 1.60. The molecule has 1 N–H and O–H groups in total. The topological polar surface area (TPSA) is 55.6 Å². The van der Waals surface area contributed by atoms with Gasteiger partial charge in [0, 0.05) is 13.0 Å². The molecular formula is C5H6N3O. The van der Waals surface area contributed by atoms with Crippen molar-refractivity contribution in [1.82, 2.24) is 10.7 Å². The number of amidine groups is 1. The van der Waals surface area contributed by atoms with E-state index in [2.05, 4.69) is 15.8 Å². The Kier molecular flexibility index (Phi) is 1.48. The van der Waals surface area contributed by atoms with Gasteiger partial charge in [0.25, 0.3) is 0 Å². The van der Waals surface area contributed by atoms with E-state index < -0.39 is 0 Å². The highest BCUT2D eigenvalue weighted by molar-refractivity contribution is 6.04. The molecule has 9 heavy (non-hydrogen) atoms. The summed E-state index contributed by atoms with van der Waals surface area (Å²) in [4.78, 5) is 10.3. The highest BCUT2D eigenvalue weighted by Crippen LogP contribution is 1.85. The molecule has 47 valence electrons. The minimum Gasteiger partial charge on any atom is -0.309 e. The molecule has 0 fully saturated rings. The molecule has 0 atom stereocenters. The van der Waals surface area contributed by atoms with Crippen molar-refractivity contribution in [1.29, 1.82) is 0 Å². The molecule has 4 nitrogen and oxygen atoms in total. The van der Waals surface area contributed by atoms with Crippen LogP contribution in [-0.4, -0.2) is 11.7 Å². The van der Waals surface area contributed by atoms with Crippen molar-refractivity contribution < 1.29 is 4.79 Å². The van der Waals surface area contributed by atoms with Gasteiger partial charge in [-0.15, -0.1) is 5.10 Å². The van der Waals surface area contributed by atoms with Crippen molar-refractivity contribution in [3.8, 4) is 0 Å². The first kappa shape index (κ1) is 5.81. The van der Waals surface area contributed by atoms with E-state index in [1.165, 1.54) is 13.1 Å². The first-order valence-electron chi connectivity index (χ1n) is 2.51. The molecule has 0 bridgehead atoms. The Morgan fingerprint density at radius 2 is 2.56 bits per heavy atom. The summed E-state index contributed by atoms with van der Waals surface area (Å²) < 4.78 is 0. The van der Waals surface area contributed by atoms with Crippen LogP contribution in [0.25, 0.3) is 0 Å². The summed E-state index contributed by atoms with van der Waals surface area (Å²) in [5, 5.41) is 6.05. The van der Waals surface area contributed by atoms with Gasteiger partial charge in [-0.2, -0.15) is 5.43 Å². The summed E-state index contributed by atoms with van der Waals surface area (Å²) in [6.07, 6.45) is 3.15. The average molecular weight is 124 g/mol. The van der Waals surface area contributed by atoms with Crippen LogP contribution < -0.4 is 10.7 Å². The third kappa shape index (κ3) is 1.56. The lowest BCUT2D eigenvalue weighted by Crippen LogP contribution is -2.25. The van der Waals surface area contributed by atoms with Gasteiger partial charge in [0.15, 0.2) is 5.84 Å². The van der Waals surface area contributed by atoms with E-state index in [9.17, 15) is 4.79 Å². The predicted octanol–water partition coefficient (Wildman–Crippen LogP) is -0.432. The van der Waals surface area contributed by atoms with Crippen molar-refractivity contribution in [2.24, 2.45) is 5.10 Å². The van der Waals surface area contributed by atoms with Crippen LogP contribution in [0.2, 0.25) is 0 Å². The average Bonchev–Trinajstić information content (AvgIpc) is 2.15. The number of rotatable bonds is 0. The van der Waals surface area contributed by atoms with E-state index in [-0.39, 0.29) is 5.91 Å². The number of nitrogens with one attached hydrogen (secondary N) is 1. The van der Waals surface area contributed by atoms with Gasteiger partial charge in [-0.25, -0.2) is 0 Å². The maximum absolute atomic E-state index is 10.3. The first-order valence-corrected chi connectivity index (χ1v) is 2.51. The summed E-state index contributed by atoms with van der Waals surface area (Å²) >= 11 is 0. The quantitative estimate of drug-likeness (QED) is 0.468. The summed E-state index contributed by atoms with van der Waals surface area (Å²) in [5.74, 6) is 0.373. The summed E-state index contributed by atoms with van der Waals surface area (Å²) in [5.41, 5.74) is 3.51. The second-order valence-corrected chi connectivity index (χ2v) is 1.60. The SMILES string of the molecule is CC(=O)NC1=N[N]C=C1. The van der Waals surface area contributed by atoms with E-state index in [4.69, 9.17) is 0 Å². The van der Waals surface area contributed by atoms with Gasteiger partial charge in [0.1, 0.15) is 0 Å². The zero-order valence-electron chi connectivity index (χ0n) is 4.96. The molecule has 0 spiro atoms.